The van der Waals surface area contributed by atoms with Crippen LogP contribution in [-0.4, -0.2) is 66.6 Å². The van der Waals surface area contributed by atoms with E-state index in [9.17, 15) is 9.59 Å². The zero-order valence-corrected chi connectivity index (χ0v) is 20.4. The summed E-state index contributed by atoms with van der Waals surface area (Å²) in [4.78, 5) is 30.7. The van der Waals surface area contributed by atoms with Gasteiger partial charge in [0.05, 0.1) is 26.1 Å². The van der Waals surface area contributed by atoms with Gasteiger partial charge in [-0.15, -0.1) is 0 Å². The Morgan fingerprint density at radius 1 is 1.03 bits per heavy atom. The molecule has 0 N–H and O–H groups in total. The molecule has 2 heterocycles. The van der Waals surface area contributed by atoms with Crippen molar-refractivity contribution in [1.29, 1.82) is 0 Å². The van der Waals surface area contributed by atoms with Gasteiger partial charge in [-0.2, -0.15) is 0 Å². The minimum absolute atomic E-state index is 0.0270. The zero-order chi connectivity index (χ0) is 24.0. The number of aryl methyl sites for hydroxylation is 2. The number of rotatable bonds is 3. The van der Waals surface area contributed by atoms with Gasteiger partial charge in [-0.05, 0) is 62.3 Å². The Kier molecular flexibility index (Phi) is 7.88. The largest absolute Gasteiger partial charge is 0.491 e. The summed E-state index contributed by atoms with van der Waals surface area (Å²) in [6.45, 7) is 6.71. The number of fused-ring (bicyclic) bond motifs is 1. The molecule has 1 spiro atoms. The normalized spacial score (nSPS) is 21.9. The molecule has 1 unspecified atom stereocenters. The maximum Gasteiger partial charge on any atom is 0.256 e. The van der Waals surface area contributed by atoms with Gasteiger partial charge in [-0.3, -0.25) is 9.59 Å². The van der Waals surface area contributed by atoms with Crippen molar-refractivity contribution in [2.75, 3.05) is 39.4 Å². The van der Waals surface area contributed by atoms with E-state index in [0.29, 0.717) is 52.2 Å². The summed E-state index contributed by atoms with van der Waals surface area (Å²) in [6, 6.07) is 16.1. The Balaban J connectivity index is 1.53. The molecule has 0 aromatic heterocycles. The fraction of sp³-hybridized carbons (Fsp3) is 0.500. The molecule has 0 saturated carbocycles. The Labute approximate surface area is 202 Å². The number of amides is 2. The molecule has 6 nitrogen and oxygen atoms in total. The summed E-state index contributed by atoms with van der Waals surface area (Å²) in [5.74, 6) is 0.931. The molecule has 0 aliphatic carbocycles. The van der Waals surface area contributed by atoms with Crippen molar-refractivity contribution in [3.05, 3.63) is 65.2 Å². The number of carbonyl (C=O) groups excluding carboxylic acids is 2. The predicted molar refractivity (Wildman–Crippen MR) is 132 cm³/mol. The molecule has 1 fully saturated rings. The van der Waals surface area contributed by atoms with E-state index in [1.54, 1.807) is 0 Å². The smallest absolute Gasteiger partial charge is 0.256 e. The molecular formula is C28H36N2O4. The van der Waals surface area contributed by atoms with Crippen LogP contribution in [0.5, 0.6) is 5.75 Å². The van der Waals surface area contributed by atoms with Crippen LogP contribution >= 0.6 is 0 Å². The highest BCUT2D eigenvalue weighted by molar-refractivity contribution is 5.87. The molecule has 2 aromatic rings. The van der Waals surface area contributed by atoms with Crippen molar-refractivity contribution in [3.63, 3.8) is 0 Å². The second-order valence-electron chi connectivity index (χ2n) is 9.31. The summed E-state index contributed by atoms with van der Waals surface area (Å²) in [6.07, 6.45) is 3.63. The summed E-state index contributed by atoms with van der Waals surface area (Å²) < 4.78 is 12.3. The topological polar surface area (TPSA) is 59.1 Å². The molecule has 1 atom stereocenters. The minimum atomic E-state index is -0.992. The van der Waals surface area contributed by atoms with Gasteiger partial charge in [0.15, 0.2) is 5.60 Å². The second kappa shape index (κ2) is 11.0. The highest BCUT2D eigenvalue weighted by Crippen LogP contribution is 2.30. The van der Waals surface area contributed by atoms with E-state index in [0.717, 1.165) is 36.1 Å². The number of carbonyl (C=O) groups is 2. The van der Waals surface area contributed by atoms with Crippen molar-refractivity contribution in [3.8, 4) is 5.75 Å². The fourth-order valence-electron chi connectivity index (χ4n) is 5.00. The SMILES string of the molecule is CCN1CCOc2ccccc2CCCCC2(CN(C(=O)Cc3ccccc3C)CCO2)C1=O. The highest BCUT2D eigenvalue weighted by Gasteiger charge is 2.46. The highest BCUT2D eigenvalue weighted by atomic mass is 16.5. The van der Waals surface area contributed by atoms with Crippen LogP contribution in [0.2, 0.25) is 0 Å². The lowest BCUT2D eigenvalue weighted by molar-refractivity contribution is -0.176. The average Bonchev–Trinajstić information content (AvgIpc) is 2.86. The molecular weight excluding hydrogens is 428 g/mol. The van der Waals surface area contributed by atoms with Gasteiger partial charge in [0.1, 0.15) is 12.4 Å². The molecule has 1 saturated heterocycles. The Hall–Kier alpha value is -2.86. The van der Waals surface area contributed by atoms with Crippen LogP contribution in [-0.2, 0) is 27.2 Å². The Bertz CT molecular complexity index is 1010. The molecule has 182 valence electrons. The van der Waals surface area contributed by atoms with Crippen LogP contribution in [0.4, 0.5) is 0 Å². The van der Waals surface area contributed by atoms with Crippen LogP contribution in [0.3, 0.4) is 0 Å². The standard InChI is InChI=1S/C28H36N2O4/c1-3-29-16-18-33-25-14-7-6-11-23(25)12-8-9-15-28(27(29)32)21-30(17-19-34-28)26(31)20-24-13-5-4-10-22(24)2/h4-7,10-11,13-14H,3,8-9,12,15-21H2,1-2H3. The van der Waals surface area contributed by atoms with Crippen LogP contribution in [0, 0.1) is 6.92 Å². The van der Waals surface area contributed by atoms with Gasteiger partial charge in [-0.1, -0.05) is 42.5 Å². The number of morpholine rings is 1. The first-order valence-corrected chi connectivity index (χ1v) is 12.5. The molecule has 2 aliphatic rings. The van der Waals surface area contributed by atoms with Crippen LogP contribution in [0.25, 0.3) is 0 Å². The number of hydrogen-bond acceptors (Lipinski definition) is 4. The summed E-state index contributed by atoms with van der Waals surface area (Å²) in [5.41, 5.74) is 2.35. The summed E-state index contributed by atoms with van der Waals surface area (Å²) in [5, 5.41) is 0. The second-order valence-corrected chi connectivity index (χ2v) is 9.31. The minimum Gasteiger partial charge on any atom is -0.491 e. The predicted octanol–water partition coefficient (Wildman–Crippen LogP) is 3.79. The van der Waals surface area contributed by atoms with E-state index in [4.69, 9.17) is 9.47 Å². The van der Waals surface area contributed by atoms with Crippen molar-refractivity contribution >= 4 is 11.8 Å². The number of para-hydroxylation sites is 1. The fourth-order valence-corrected chi connectivity index (χ4v) is 5.00. The molecule has 2 aromatic carbocycles. The lowest BCUT2D eigenvalue weighted by atomic mass is 9.90. The zero-order valence-electron chi connectivity index (χ0n) is 20.4. The van der Waals surface area contributed by atoms with E-state index in [1.807, 2.05) is 66.1 Å². The first-order chi connectivity index (χ1) is 16.5. The number of benzene rings is 2. The first-order valence-electron chi connectivity index (χ1n) is 12.5. The number of hydrogen-bond donors (Lipinski definition) is 0. The van der Waals surface area contributed by atoms with Crippen LogP contribution in [0.1, 0.15) is 42.9 Å². The number of likely N-dealkylation sites (N-methyl/N-ethyl adjacent to an activating group) is 1. The van der Waals surface area contributed by atoms with Gasteiger partial charge in [-0.25, -0.2) is 0 Å². The summed E-state index contributed by atoms with van der Waals surface area (Å²) >= 11 is 0. The molecule has 0 bridgehead atoms. The van der Waals surface area contributed by atoms with E-state index in [2.05, 4.69) is 6.07 Å². The number of ether oxygens (including phenoxy) is 2. The van der Waals surface area contributed by atoms with E-state index in [-0.39, 0.29) is 11.8 Å². The van der Waals surface area contributed by atoms with Gasteiger partial charge in [0.2, 0.25) is 5.91 Å². The van der Waals surface area contributed by atoms with Gasteiger partial charge >= 0.3 is 0 Å². The first kappa shape index (κ1) is 24.3. The third kappa shape index (κ3) is 5.44. The van der Waals surface area contributed by atoms with Gasteiger partial charge in [0, 0.05) is 13.1 Å². The molecule has 4 rings (SSSR count). The number of nitrogens with zero attached hydrogens (tertiary/aromatic N) is 2. The van der Waals surface area contributed by atoms with Crippen molar-refractivity contribution in [1.82, 2.24) is 9.80 Å². The Morgan fingerprint density at radius 2 is 1.82 bits per heavy atom. The van der Waals surface area contributed by atoms with Crippen molar-refractivity contribution in [2.24, 2.45) is 0 Å². The third-order valence-corrected chi connectivity index (χ3v) is 7.07. The van der Waals surface area contributed by atoms with E-state index in [1.165, 1.54) is 5.56 Å². The maximum absolute atomic E-state index is 13.8. The lowest BCUT2D eigenvalue weighted by Gasteiger charge is -2.44. The van der Waals surface area contributed by atoms with Crippen molar-refractivity contribution < 1.29 is 19.1 Å². The van der Waals surface area contributed by atoms with Crippen LogP contribution < -0.4 is 4.74 Å². The third-order valence-electron chi connectivity index (χ3n) is 7.07. The molecule has 0 radical (unpaired) electrons. The van der Waals surface area contributed by atoms with Gasteiger partial charge in [0.25, 0.3) is 5.91 Å². The molecule has 2 aliphatic heterocycles. The Morgan fingerprint density at radius 3 is 2.65 bits per heavy atom. The van der Waals surface area contributed by atoms with E-state index >= 15 is 0 Å². The average molecular weight is 465 g/mol. The molecule has 2 amide bonds. The van der Waals surface area contributed by atoms with Crippen molar-refractivity contribution in [2.45, 2.75) is 51.6 Å². The quantitative estimate of drug-likeness (QED) is 0.694. The lowest BCUT2D eigenvalue weighted by Crippen LogP contribution is -2.62. The van der Waals surface area contributed by atoms with E-state index < -0.39 is 5.60 Å². The van der Waals surface area contributed by atoms with Gasteiger partial charge < -0.3 is 19.3 Å². The monoisotopic (exact) mass is 464 g/mol. The summed E-state index contributed by atoms with van der Waals surface area (Å²) in [7, 11) is 0. The van der Waals surface area contributed by atoms with Crippen LogP contribution in [0.15, 0.2) is 48.5 Å². The molecule has 34 heavy (non-hydrogen) atoms. The molecule has 6 heteroatoms. The maximum atomic E-state index is 13.8.